The standard InChI is InChI=1S/C6H8NO3/c1-10-6(9)4-2-5(8)7-3-4/h4H,2-3H2,1H3/t4-/m1/s1. The Morgan fingerprint density at radius 3 is 2.90 bits per heavy atom. The van der Waals surface area contributed by atoms with Crippen LogP contribution in [0.2, 0.25) is 0 Å². The molecule has 0 saturated carbocycles. The summed E-state index contributed by atoms with van der Waals surface area (Å²) < 4.78 is 4.43. The molecule has 1 aliphatic heterocycles. The average molecular weight is 142 g/mol. The summed E-state index contributed by atoms with van der Waals surface area (Å²) in [5.74, 6) is -0.859. The van der Waals surface area contributed by atoms with Gasteiger partial charge in [0.1, 0.15) is 0 Å². The van der Waals surface area contributed by atoms with Crippen LogP contribution in [0.1, 0.15) is 6.42 Å². The minimum absolute atomic E-state index is 0.199. The zero-order valence-electron chi connectivity index (χ0n) is 5.66. The van der Waals surface area contributed by atoms with Gasteiger partial charge in [-0.15, -0.1) is 0 Å². The number of carbonyl (C=O) groups is 2. The van der Waals surface area contributed by atoms with E-state index in [-0.39, 0.29) is 24.2 Å². The first kappa shape index (κ1) is 7.05. The van der Waals surface area contributed by atoms with E-state index in [1.165, 1.54) is 7.11 Å². The van der Waals surface area contributed by atoms with Crippen LogP contribution in [0.5, 0.6) is 0 Å². The first-order valence-electron chi connectivity index (χ1n) is 3.02. The highest BCUT2D eigenvalue weighted by Crippen LogP contribution is 2.10. The lowest BCUT2D eigenvalue weighted by atomic mass is 10.1. The highest BCUT2D eigenvalue weighted by Gasteiger charge is 2.29. The third-order valence-corrected chi connectivity index (χ3v) is 1.44. The van der Waals surface area contributed by atoms with Crippen molar-refractivity contribution in [3.8, 4) is 0 Å². The monoisotopic (exact) mass is 142 g/mol. The lowest BCUT2D eigenvalue weighted by molar-refractivity contribution is -0.145. The number of methoxy groups -OCH3 is 1. The van der Waals surface area contributed by atoms with E-state index < -0.39 is 0 Å². The third-order valence-electron chi connectivity index (χ3n) is 1.44. The van der Waals surface area contributed by atoms with Crippen molar-refractivity contribution < 1.29 is 14.3 Å². The molecular weight excluding hydrogens is 134 g/mol. The smallest absolute Gasteiger partial charge is 0.311 e. The van der Waals surface area contributed by atoms with Gasteiger partial charge in [-0.25, -0.2) is 0 Å². The molecule has 0 bridgehead atoms. The van der Waals surface area contributed by atoms with E-state index in [9.17, 15) is 9.59 Å². The van der Waals surface area contributed by atoms with E-state index in [2.05, 4.69) is 10.1 Å². The van der Waals surface area contributed by atoms with Gasteiger partial charge in [-0.1, -0.05) is 0 Å². The fourth-order valence-electron chi connectivity index (χ4n) is 0.876. The van der Waals surface area contributed by atoms with Crippen LogP contribution in [0.15, 0.2) is 0 Å². The lowest BCUT2D eigenvalue weighted by Gasteiger charge is -2.01. The number of hydrogen-bond acceptors (Lipinski definition) is 3. The maximum absolute atomic E-state index is 10.7. The molecular formula is C6H8NO3. The minimum atomic E-state index is -0.338. The predicted octanol–water partition coefficient (Wildman–Crippen LogP) is -0.690. The van der Waals surface area contributed by atoms with Gasteiger partial charge in [0.05, 0.1) is 19.6 Å². The molecule has 1 saturated heterocycles. The van der Waals surface area contributed by atoms with Crippen LogP contribution >= 0.6 is 0 Å². The van der Waals surface area contributed by atoms with E-state index in [4.69, 9.17) is 0 Å². The van der Waals surface area contributed by atoms with Crippen LogP contribution in [0.25, 0.3) is 0 Å². The second kappa shape index (κ2) is 2.68. The highest BCUT2D eigenvalue weighted by molar-refractivity contribution is 5.86. The Morgan fingerprint density at radius 2 is 2.50 bits per heavy atom. The van der Waals surface area contributed by atoms with E-state index in [0.29, 0.717) is 6.54 Å². The second-order valence-electron chi connectivity index (χ2n) is 2.16. The van der Waals surface area contributed by atoms with E-state index in [1.807, 2.05) is 0 Å². The maximum atomic E-state index is 10.7. The maximum Gasteiger partial charge on any atom is 0.311 e. The van der Waals surface area contributed by atoms with Crippen LogP contribution < -0.4 is 5.32 Å². The Bertz CT molecular complexity index is 166. The SMILES string of the molecule is COC(=O)[C@H]1C[N]C(=O)C1. The summed E-state index contributed by atoms with van der Waals surface area (Å²) in [6, 6.07) is 0. The van der Waals surface area contributed by atoms with Gasteiger partial charge in [-0.2, -0.15) is 0 Å². The molecule has 1 fully saturated rings. The molecule has 55 valence electrons. The molecule has 0 aliphatic carbocycles. The van der Waals surface area contributed by atoms with Crippen molar-refractivity contribution in [2.45, 2.75) is 6.42 Å². The molecule has 1 heterocycles. The molecule has 0 spiro atoms. The topological polar surface area (TPSA) is 57.5 Å². The number of carbonyl (C=O) groups excluding carboxylic acids is 2. The number of ether oxygens (including phenoxy) is 1. The Balaban J connectivity index is 2.44. The molecule has 1 rings (SSSR count). The number of rotatable bonds is 1. The largest absolute Gasteiger partial charge is 0.469 e. The van der Waals surface area contributed by atoms with Gasteiger partial charge in [-0.3, -0.25) is 14.9 Å². The highest BCUT2D eigenvalue weighted by atomic mass is 16.5. The van der Waals surface area contributed by atoms with Crippen LogP contribution in [-0.4, -0.2) is 25.5 Å². The molecule has 0 aromatic heterocycles. The van der Waals surface area contributed by atoms with E-state index in [0.717, 1.165) is 0 Å². The summed E-state index contributed by atoms with van der Waals surface area (Å²) in [5, 5.41) is 3.55. The van der Waals surface area contributed by atoms with Gasteiger partial charge in [0, 0.05) is 6.42 Å². The number of amides is 1. The molecule has 0 aromatic rings. The van der Waals surface area contributed by atoms with Crippen LogP contribution in [0.4, 0.5) is 0 Å². The number of esters is 1. The molecule has 10 heavy (non-hydrogen) atoms. The summed E-state index contributed by atoms with van der Waals surface area (Å²) >= 11 is 0. The molecule has 4 heteroatoms. The van der Waals surface area contributed by atoms with Gasteiger partial charge in [0.25, 0.3) is 0 Å². The lowest BCUT2D eigenvalue weighted by Crippen LogP contribution is -2.16. The summed E-state index contributed by atoms with van der Waals surface area (Å²) in [6.07, 6.45) is 0.215. The molecule has 0 aromatic carbocycles. The van der Waals surface area contributed by atoms with Gasteiger partial charge >= 0.3 is 5.97 Å². The Kier molecular flexibility index (Phi) is 1.89. The quantitative estimate of drug-likeness (QED) is 0.455. The fraction of sp³-hybridized carbons (Fsp3) is 0.667. The first-order chi connectivity index (χ1) is 4.74. The molecule has 1 radical (unpaired) electrons. The van der Waals surface area contributed by atoms with Gasteiger partial charge in [0.2, 0.25) is 5.91 Å². The second-order valence-corrected chi connectivity index (χ2v) is 2.16. The third kappa shape index (κ3) is 1.26. The minimum Gasteiger partial charge on any atom is -0.469 e. The zero-order valence-corrected chi connectivity index (χ0v) is 5.66. The van der Waals surface area contributed by atoms with Crippen LogP contribution in [0, 0.1) is 5.92 Å². The Hall–Kier alpha value is -1.06. The number of hydrogen-bond donors (Lipinski definition) is 0. The first-order valence-corrected chi connectivity index (χ1v) is 3.02. The molecule has 4 nitrogen and oxygen atoms in total. The molecule has 1 aliphatic rings. The van der Waals surface area contributed by atoms with Crippen molar-refractivity contribution in [1.82, 2.24) is 5.32 Å². The van der Waals surface area contributed by atoms with Crippen LogP contribution in [-0.2, 0) is 14.3 Å². The van der Waals surface area contributed by atoms with Gasteiger partial charge in [0.15, 0.2) is 0 Å². The summed E-state index contributed by atoms with van der Waals surface area (Å²) in [6.45, 7) is 0.297. The van der Waals surface area contributed by atoms with Crippen molar-refractivity contribution in [2.75, 3.05) is 13.7 Å². The van der Waals surface area contributed by atoms with Gasteiger partial charge < -0.3 is 4.74 Å². The predicted molar refractivity (Wildman–Crippen MR) is 32.1 cm³/mol. The Morgan fingerprint density at radius 1 is 1.80 bits per heavy atom. The normalized spacial score (nSPS) is 24.1. The molecule has 1 atom stereocenters. The van der Waals surface area contributed by atoms with Crippen molar-refractivity contribution in [1.29, 1.82) is 0 Å². The van der Waals surface area contributed by atoms with Crippen molar-refractivity contribution in [3.05, 3.63) is 0 Å². The summed E-state index contributed by atoms with van der Waals surface area (Å²) in [5.41, 5.74) is 0. The van der Waals surface area contributed by atoms with Crippen molar-refractivity contribution >= 4 is 11.9 Å². The molecule has 1 amide bonds. The zero-order chi connectivity index (χ0) is 7.56. The summed E-state index contributed by atoms with van der Waals surface area (Å²) in [7, 11) is 1.31. The van der Waals surface area contributed by atoms with Crippen molar-refractivity contribution in [3.63, 3.8) is 0 Å². The molecule has 0 N–H and O–H groups in total. The average Bonchev–Trinajstić information content (AvgIpc) is 2.34. The van der Waals surface area contributed by atoms with Gasteiger partial charge in [-0.05, 0) is 0 Å². The molecule has 0 unspecified atom stereocenters. The fourth-order valence-corrected chi connectivity index (χ4v) is 0.876. The van der Waals surface area contributed by atoms with Crippen molar-refractivity contribution in [2.24, 2.45) is 5.92 Å². The Labute approximate surface area is 58.5 Å². The van der Waals surface area contributed by atoms with E-state index in [1.54, 1.807) is 0 Å². The number of nitrogens with zero attached hydrogens (tertiary/aromatic N) is 1. The van der Waals surface area contributed by atoms with Crippen LogP contribution in [0.3, 0.4) is 0 Å². The van der Waals surface area contributed by atoms with E-state index >= 15 is 0 Å². The summed E-state index contributed by atoms with van der Waals surface area (Å²) in [4.78, 5) is 21.2.